The molecule has 3 N–H and O–H groups in total. The summed E-state index contributed by atoms with van der Waals surface area (Å²) in [5, 5.41) is 10.6. The van der Waals surface area contributed by atoms with Gasteiger partial charge in [0.15, 0.2) is 12.2 Å². The third kappa shape index (κ3) is 70.3. The molecule has 0 heterocycles. The Labute approximate surface area is 581 Å². The molecule has 0 aromatic carbocycles. The molecule has 0 bridgehead atoms. The molecule has 0 radical (unpaired) electrons. The molecule has 0 aromatic heterocycles. The lowest BCUT2D eigenvalue weighted by Gasteiger charge is -2.21. The predicted octanol–water partition coefficient (Wildman–Crippen LogP) is 22.3. The molecule has 0 amide bonds. The predicted molar refractivity (Wildman–Crippen MR) is 386 cm³/mol. The van der Waals surface area contributed by atoms with Crippen molar-refractivity contribution in [3.63, 3.8) is 0 Å². The maximum absolute atomic E-state index is 13.1. The molecule has 564 valence electrons. The van der Waals surface area contributed by atoms with E-state index in [1.165, 1.54) is 199 Å². The van der Waals surface area contributed by atoms with E-state index in [0.717, 1.165) is 115 Å². The molecule has 0 aromatic rings. The van der Waals surface area contributed by atoms with Crippen LogP contribution in [0.1, 0.15) is 395 Å². The smallest absolute Gasteiger partial charge is 0.462 e. The van der Waals surface area contributed by atoms with E-state index in [0.29, 0.717) is 25.7 Å². The lowest BCUT2D eigenvalue weighted by atomic mass is 10.0. The van der Waals surface area contributed by atoms with Gasteiger partial charge in [0.05, 0.1) is 26.4 Å². The zero-order valence-corrected chi connectivity index (χ0v) is 63.8. The van der Waals surface area contributed by atoms with Gasteiger partial charge in [-0.05, 0) is 37.5 Å². The van der Waals surface area contributed by atoms with Crippen LogP contribution in [0.4, 0.5) is 0 Å². The van der Waals surface area contributed by atoms with Crippen molar-refractivity contribution in [3.05, 3.63) is 0 Å². The zero-order chi connectivity index (χ0) is 70.0. The normalized spacial score (nSPS) is 14.0. The van der Waals surface area contributed by atoms with Crippen molar-refractivity contribution in [1.82, 2.24) is 0 Å². The third-order valence-electron chi connectivity index (χ3n) is 17.7. The highest BCUT2D eigenvalue weighted by Crippen LogP contribution is 2.45. The molecule has 0 aliphatic rings. The van der Waals surface area contributed by atoms with E-state index in [-0.39, 0.29) is 25.7 Å². The van der Waals surface area contributed by atoms with Crippen LogP contribution in [0.3, 0.4) is 0 Å². The first-order chi connectivity index (χ1) is 45.9. The van der Waals surface area contributed by atoms with Gasteiger partial charge >= 0.3 is 39.5 Å². The Bertz CT molecular complexity index is 1840. The number of esters is 4. The summed E-state index contributed by atoms with van der Waals surface area (Å²) in [4.78, 5) is 72.7. The number of hydrogen-bond donors (Lipinski definition) is 3. The van der Waals surface area contributed by atoms with Crippen LogP contribution in [0.2, 0.25) is 0 Å². The van der Waals surface area contributed by atoms with Crippen molar-refractivity contribution in [2.45, 2.75) is 413 Å². The van der Waals surface area contributed by atoms with E-state index in [1.807, 2.05) is 0 Å². The summed E-state index contributed by atoms with van der Waals surface area (Å²) < 4.78 is 68.4. The van der Waals surface area contributed by atoms with Gasteiger partial charge < -0.3 is 33.8 Å². The molecule has 19 heteroatoms. The molecular formula is C76H148O17P2. The molecule has 2 unspecified atom stereocenters. The summed E-state index contributed by atoms with van der Waals surface area (Å²) in [6.07, 6.45) is 55.6. The van der Waals surface area contributed by atoms with Gasteiger partial charge in [-0.1, -0.05) is 343 Å². The third-order valence-corrected chi connectivity index (χ3v) is 19.6. The van der Waals surface area contributed by atoms with Crippen LogP contribution in [0, 0.1) is 11.8 Å². The number of unbranched alkanes of at least 4 members (excludes halogenated alkanes) is 45. The van der Waals surface area contributed by atoms with E-state index < -0.39 is 97.5 Å². The number of rotatable bonds is 75. The molecule has 0 rings (SSSR count). The molecule has 0 spiro atoms. The highest BCUT2D eigenvalue weighted by molar-refractivity contribution is 7.47. The minimum Gasteiger partial charge on any atom is -0.462 e. The van der Waals surface area contributed by atoms with Gasteiger partial charge in [-0.25, -0.2) is 9.13 Å². The van der Waals surface area contributed by atoms with Gasteiger partial charge in [0.25, 0.3) is 0 Å². The maximum Gasteiger partial charge on any atom is 0.472 e. The first kappa shape index (κ1) is 93.1. The number of carbonyl (C=O) groups excluding carboxylic acids is 4. The minimum absolute atomic E-state index is 0.107. The quantitative estimate of drug-likeness (QED) is 0.0222. The second kappa shape index (κ2) is 67.9. The number of aliphatic hydroxyl groups is 1. The van der Waals surface area contributed by atoms with Crippen molar-refractivity contribution in [2.75, 3.05) is 39.6 Å². The molecule has 17 nitrogen and oxygen atoms in total. The second-order valence-electron chi connectivity index (χ2n) is 28.3. The Balaban J connectivity index is 5.20. The lowest BCUT2D eigenvalue weighted by molar-refractivity contribution is -0.161. The number of phosphoric ester groups is 2. The fraction of sp³-hybridized carbons (Fsp3) is 0.947. The summed E-state index contributed by atoms with van der Waals surface area (Å²) in [7, 11) is -9.91. The summed E-state index contributed by atoms with van der Waals surface area (Å²) in [6, 6.07) is 0. The van der Waals surface area contributed by atoms with Gasteiger partial charge in [0.1, 0.15) is 19.3 Å². The maximum atomic E-state index is 13.1. The molecule has 5 atom stereocenters. The fourth-order valence-corrected chi connectivity index (χ4v) is 13.2. The first-order valence-corrected chi connectivity index (χ1v) is 42.5. The van der Waals surface area contributed by atoms with Crippen LogP contribution >= 0.6 is 15.6 Å². The Morgan fingerprint density at radius 2 is 0.484 bits per heavy atom. The highest BCUT2D eigenvalue weighted by atomic mass is 31.2. The molecule has 0 aliphatic carbocycles. The summed E-state index contributed by atoms with van der Waals surface area (Å²) in [5.41, 5.74) is 0. The number of carbonyl (C=O) groups is 4. The van der Waals surface area contributed by atoms with Crippen LogP contribution < -0.4 is 0 Å². The van der Waals surface area contributed by atoms with Crippen molar-refractivity contribution >= 4 is 39.5 Å². The molecule has 0 fully saturated rings. The SMILES string of the molecule is CCCCCCCCCCCCCCCCCCC(=O)OC[C@H](COP(=O)(O)OC[C@@H](O)COP(=O)(O)OC[C@@H](COC(=O)CCCCCCCCC)OC(=O)CCCCCCCCCCCCCCC(C)C)OC(=O)CCCCCCCCCCCCCCCCC(C)C. The van der Waals surface area contributed by atoms with Crippen molar-refractivity contribution in [2.24, 2.45) is 11.8 Å². The van der Waals surface area contributed by atoms with Crippen LogP contribution in [0.25, 0.3) is 0 Å². The van der Waals surface area contributed by atoms with Gasteiger partial charge in [-0.3, -0.25) is 37.3 Å². The van der Waals surface area contributed by atoms with Gasteiger partial charge in [-0.15, -0.1) is 0 Å². The van der Waals surface area contributed by atoms with E-state index in [4.69, 9.17) is 37.0 Å². The first-order valence-electron chi connectivity index (χ1n) is 39.5. The Kier molecular flexibility index (Phi) is 66.5. The summed E-state index contributed by atoms with van der Waals surface area (Å²) in [6.45, 7) is 9.59. The summed E-state index contributed by atoms with van der Waals surface area (Å²) in [5.74, 6) is -0.546. The standard InChI is InChI=1S/C76H148O17P2/c1-7-9-11-13-15-16-17-18-19-20-24-30-35-41-47-53-59-74(79)87-65-72(93-76(81)60-54-48-42-36-31-25-22-21-23-28-33-39-44-50-56-68(3)4)67-91-95(84,85)89-63-70(77)62-88-94(82,83)90-66-71(64-86-73(78)58-52-46-38-14-12-10-8-2)92-75(80)61-55-49-43-37-32-27-26-29-34-40-45-51-57-69(5)6/h68-72,77H,7-67H2,1-6H3,(H,82,83)(H,84,85)/t70-,71+,72+/m0/s1. The van der Waals surface area contributed by atoms with Crippen LogP contribution in [-0.2, 0) is 65.4 Å². The van der Waals surface area contributed by atoms with Crippen molar-refractivity contribution in [1.29, 1.82) is 0 Å². The topological polar surface area (TPSA) is 237 Å². The van der Waals surface area contributed by atoms with Gasteiger partial charge in [0.2, 0.25) is 0 Å². The van der Waals surface area contributed by atoms with Crippen LogP contribution in [0.15, 0.2) is 0 Å². The number of aliphatic hydroxyl groups excluding tert-OH is 1. The molecule has 0 saturated carbocycles. The number of ether oxygens (including phenoxy) is 4. The monoisotopic (exact) mass is 1400 g/mol. The van der Waals surface area contributed by atoms with Crippen LogP contribution in [0.5, 0.6) is 0 Å². The summed E-state index contributed by atoms with van der Waals surface area (Å²) >= 11 is 0. The number of phosphoric acid groups is 2. The Hall–Kier alpha value is -1.94. The molecule has 0 aliphatic heterocycles. The Morgan fingerprint density at radius 1 is 0.284 bits per heavy atom. The van der Waals surface area contributed by atoms with E-state index in [1.54, 1.807) is 0 Å². The van der Waals surface area contributed by atoms with E-state index >= 15 is 0 Å². The molecule has 0 saturated heterocycles. The largest absolute Gasteiger partial charge is 0.472 e. The fourth-order valence-electron chi connectivity index (χ4n) is 11.7. The highest BCUT2D eigenvalue weighted by Gasteiger charge is 2.30. The second-order valence-corrected chi connectivity index (χ2v) is 31.3. The average molecular weight is 1400 g/mol. The van der Waals surface area contributed by atoms with Crippen molar-refractivity contribution < 1.29 is 80.2 Å². The molecular weight excluding hydrogens is 1250 g/mol. The molecule has 95 heavy (non-hydrogen) atoms. The van der Waals surface area contributed by atoms with Crippen LogP contribution in [-0.4, -0.2) is 96.7 Å². The van der Waals surface area contributed by atoms with Gasteiger partial charge in [0, 0.05) is 25.7 Å². The van der Waals surface area contributed by atoms with Crippen molar-refractivity contribution in [3.8, 4) is 0 Å². The lowest BCUT2D eigenvalue weighted by Crippen LogP contribution is -2.30. The van der Waals surface area contributed by atoms with E-state index in [2.05, 4.69) is 41.5 Å². The van der Waals surface area contributed by atoms with Gasteiger partial charge in [-0.2, -0.15) is 0 Å². The average Bonchev–Trinajstić information content (AvgIpc) is 1.37. The number of hydrogen-bond acceptors (Lipinski definition) is 15. The zero-order valence-electron chi connectivity index (χ0n) is 62.0. The van der Waals surface area contributed by atoms with E-state index in [9.17, 15) is 43.2 Å². The Morgan fingerprint density at radius 3 is 0.716 bits per heavy atom. The minimum atomic E-state index is -4.96.